The van der Waals surface area contributed by atoms with Crippen LogP contribution in [0.4, 0.5) is 8.78 Å². The summed E-state index contributed by atoms with van der Waals surface area (Å²) in [6, 6.07) is 8.14. The van der Waals surface area contributed by atoms with Crippen LogP contribution in [0.2, 0.25) is 0 Å². The number of nitrogens with one attached hydrogen (secondary N) is 1. The molecule has 0 unspecified atom stereocenters. The summed E-state index contributed by atoms with van der Waals surface area (Å²) < 4.78 is 31.9. The summed E-state index contributed by atoms with van der Waals surface area (Å²) in [6.07, 6.45) is 4.64. The number of hydrogen-bond acceptors (Lipinski definition) is 4. The second kappa shape index (κ2) is 8.62. The molecule has 5 nitrogen and oxygen atoms in total. The summed E-state index contributed by atoms with van der Waals surface area (Å²) in [5, 5.41) is 12.2. The molecule has 1 amide bonds. The van der Waals surface area contributed by atoms with E-state index in [-0.39, 0.29) is 24.8 Å². The third-order valence-corrected chi connectivity index (χ3v) is 8.02. The van der Waals surface area contributed by atoms with Gasteiger partial charge in [-0.2, -0.15) is 5.26 Å². The molecule has 0 aromatic heterocycles. The second-order valence-electron chi connectivity index (χ2n) is 10.3. The fraction of sp³-hybridized carbons (Fsp3) is 0.680. The van der Waals surface area contributed by atoms with Crippen molar-refractivity contribution >= 4 is 5.91 Å². The molecule has 2 saturated carbocycles. The predicted molar refractivity (Wildman–Crippen MR) is 115 cm³/mol. The molecule has 1 aromatic rings. The Morgan fingerprint density at radius 2 is 2.00 bits per heavy atom. The molecule has 2 atom stereocenters. The smallest absolute Gasteiger partial charge is 0.249 e. The lowest BCUT2D eigenvalue weighted by atomic mass is 9.79. The second-order valence-corrected chi connectivity index (χ2v) is 10.3. The van der Waals surface area contributed by atoms with Crippen LogP contribution in [-0.2, 0) is 4.79 Å². The molecule has 0 spiro atoms. The van der Waals surface area contributed by atoms with Crippen molar-refractivity contribution < 1.29 is 18.3 Å². The number of nitriles is 1. The topological polar surface area (TPSA) is 65.4 Å². The monoisotopic (exact) mass is 443 g/mol. The van der Waals surface area contributed by atoms with Gasteiger partial charge in [0.25, 0.3) is 0 Å². The van der Waals surface area contributed by atoms with Crippen LogP contribution in [0.25, 0.3) is 0 Å². The number of carbonyl (C=O) groups excluding carboxylic acids is 1. The van der Waals surface area contributed by atoms with Crippen LogP contribution >= 0.6 is 0 Å². The summed E-state index contributed by atoms with van der Waals surface area (Å²) in [5.74, 6) is -0.802. The van der Waals surface area contributed by atoms with E-state index in [1.54, 1.807) is 0 Å². The third kappa shape index (κ3) is 4.47. The van der Waals surface area contributed by atoms with Crippen LogP contribution in [-0.4, -0.2) is 49.0 Å². The van der Waals surface area contributed by atoms with Gasteiger partial charge in [-0.3, -0.25) is 4.79 Å². The number of halogens is 2. The van der Waals surface area contributed by atoms with E-state index in [0.29, 0.717) is 23.3 Å². The number of fused-ring (bicyclic) bond motifs is 3. The molecule has 5 rings (SSSR count). The van der Waals surface area contributed by atoms with Crippen molar-refractivity contribution in [2.75, 3.05) is 26.2 Å². The molecule has 3 fully saturated rings. The molecule has 1 saturated heterocycles. The van der Waals surface area contributed by atoms with E-state index in [9.17, 15) is 18.8 Å². The van der Waals surface area contributed by atoms with Gasteiger partial charge in [-0.15, -0.1) is 0 Å². The quantitative estimate of drug-likeness (QED) is 0.745. The van der Waals surface area contributed by atoms with Crippen molar-refractivity contribution in [1.82, 2.24) is 10.2 Å². The van der Waals surface area contributed by atoms with Gasteiger partial charge in [0.1, 0.15) is 5.75 Å². The Kier molecular flexibility index (Phi) is 5.83. The zero-order valence-electron chi connectivity index (χ0n) is 18.4. The molecule has 1 N–H and O–H groups in total. The lowest BCUT2D eigenvalue weighted by Crippen LogP contribution is -2.48. The third-order valence-electron chi connectivity index (χ3n) is 8.02. The van der Waals surface area contributed by atoms with Crippen molar-refractivity contribution in [3.8, 4) is 11.8 Å². The first-order valence-electron chi connectivity index (χ1n) is 12.0. The Morgan fingerprint density at radius 3 is 2.72 bits per heavy atom. The van der Waals surface area contributed by atoms with Gasteiger partial charge in [0.15, 0.2) is 0 Å². The van der Waals surface area contributed by atoms with Crippen LogP contribution < -0.4 is 10.1 Å². The summed E-state index contributed by atoms with van der Waals surface area (Å²) in [6.45, 7) is 3.88. The maximum absolute atomic E-state index is 13.0. The standard InChI is InChI=1S/C25H31F2N3O2/c26-25(27)10-18(11-25)24(31)29-20-4-1-16(2-5-20)7-8-30-13-19-15-32-23-6-3-17(12-28)9-21(23)22(19)14-30/h3,6,9,16,18-20,22H,1-2,4-5,7-8,10-11,13-15H2,(H,29,31)/t16-,19-,20-,22+/m0/s1. The maximum Gasteiger partial charge on any atom is 0.249 e. The molecule has 2 aliphatic carbocycles. The molecular formula is C25H31F2N3O2. The van der Waals surface area contributed by atoms with E-state index in [0.717, 1.165) is 64.1 Å². The SMILES string of the molecule is N#Cc1ccc2c(c1)[C@@H]1CN(CC[C@H]3CC[C@H](NC(=O)C4CC(F)(F)C4)CC3)C[C@H]1CO2. The number of amides is 1. The maximum atomic E-state index is 13.0. The van der Waals surface area contributed by atoms with Crippen molar-refractivity contribution in [3.05, 3.63) is 29.3 Å². The number of ether oxygens (including phenoxy) is 1. The summed E-state index contributed by atoms with van der Waals surface area (Å²) in [4.78, 5) is 14.7. The number of carbonyl (C=O) groups is 1. The number of hydrogen-bond donors (Lipinski definition) is 1. The van der Waals surface area contributed by atoms with Crippen LogP contribution in [0, 0.1) is 29.1 Å². The molecule has 0 bridgehead atoms. The Balaban J connectivity index is 1.06. The molecule has 2 aliphatic heterocycles. The molecule has 0 radical (unpaired) electrons. The number of benzene rings is 1. The molecule has 172 valence electrons. The van der Waals surface area contributed by atoms with Crippen LogP contribution in [0.5, 0.6) is 5.75 Å². The van der Waals surface area contributed by atoms with E-state index < -0.39 is 11.8 Å². The Bertz CT molecular complexity index is 899. The van der Waals surface area contributed by atoms with Crippen molar-refractivity contribution in [3.63, 3.8) is 0 Å². The molecule has 2 heterocycles. The summed E-state index contributed by atoms with van der Waals surface area (Å²) >= 11 is 0. The number of likely N-dealkylation sites (tertiary alicyclic amines) is 1. The van der Waals surface area contributed by atoms with Crippen LogP contribution in [0.15, 0.2) is 18.2 Å². The lowest BCUT2D eigenvalue weighted by molar-refractivity contribution is -0.151. The Morgan fingerprint density at radius 1 is 1.22 bits per heavy atom. The highest BCUT2D eigenvalue weighted by molar-refractivity contribution is 5.80. The normalized spacial score (nSPS) is 31.5. The minimum atomic E-state index is -2.64. The largest absolute Gasteiger partial charge is 0.493 e. The van der Waals surface area contributed by atoms with Gasteiger partial charge in [-0.05, 0) is 62.8 Å². The highest BCUT2D eigenvalue weighted by Crippen LogP contribution is 2.43. The first-order valence-corrected chi connectivity index (χ1v) is 12.0. The van der Waals surface area contributed by atoms with Crippen molar-refractivity contribution in [1.29, 1.82) is 5.26 Å². The zero-order valence-corrected chi connectivity index (χ0v) is 18.4. The van der Waals surface area contributed by atoms with Crippen molar-refractivity contribution in [2.24, 2.45) is 17.8 Å². The molecule has 1 aromatic carbocycles. The minimum absolute atomic E-state index is 0.144. The Hall–Kier alpha value is -2.20. The van der Waals surface area contributed by atoms with Gasteiger partial charge >= 0.3 is 0 Å². The average molecular weight is 444 g/mol. The molecule has 32 heavy (non-hydrogen) atoms. The summed E-state index contributed by atoms with van der Waals surface area (Å²) in [5.41, 5.74) is 1.88. The van der Waals surface area contributed by atoms with Crippen molar-refractivity contribution in [2.45, 2.75) is 62.8 Å². The highest BCUT2D eigenvalue weighted by atomic mass is 19.3. The fourth-order valence-electron chi connectivity index (χ4n) is 6.03. The molecule has 4 aliphatic rings. The average Bonchev–Trinajstić information content (AvgIpc) is 3.20. The van der Waals surface area contributed by atoms with E-state index >= 15 is 0 Å². The first kappa shape index (κ1) is 21.6. The van der Waals surface area contributed by atoms with E-state index in [1.165, 1.54) is 5.56 Å². The van der Waals surface area contributed by atoms with Gasteiger partial charge < -0.3 is 15.0 Å². The fourth-order valence-corrected chi connectivity index (χ4v) is 6.03. The van der Waals surface area contributed by atoms with Gasteiger partial charge in [-0.1, -0.05) is 0 Å². The van der Waals surface area contributed by atoms with E-state index in [2.05, 4.69) is 16.3 Å². The Labute approximate surface area is 188 Å². The zero-order chi connectivity index (χ0) is 22.3. The lowest BCUT2D eigenvalue weighted by Gasteiger charge is -2.36. The summed E-state index contributed by atoms with van der Waals surface area (Å²) in [7, 11) is 0. The number of nitrogens with zero attached hydrogens (tertiary/aromatic N) is 2. The van der Waals surface area contributed by atoms with Gasteiger partial charge in [0.05, 0.1) is 18.2 Å². The number of rotatable bonds is 5. The van der Waals surface area contributed by atoms with Crippen LogP contribution in [0.1, 0.15) is 62.0 Å². The van der Waals surface area contributed by atoms with E-state index in [4.69, 9.17) is 4.74 Å². The van der Waals surface area contributed by atoms with Gasteiger partial charge in [-0.25, -0.2) is 8.78 Å². The minimum Gasteiger partial charge on any atom is -0.493 e. The number of alkyl halides is 2. The molecule has 7 heteroatoms. The molecular weight excluding hydrogens is 412 g/mol. The van der Waals surface area contributed by atoms with Crippen LogP contribution in [0.3, 0.4) is 0 Å². The highest BCUT2D eigenvalue weighted by Gasteiger charge is 2.49. The van der Waals surface area contributed by atoms with E-state index in [1.807, 2.05) is 18.2 Å². The predicted octanol–water partition coefficient (Wildman–Crippen LogP) is 4.08. The van der Waals surface area contributed by atoms with Gasteiger partial charge in [0, 0.05) is 55.3 Å². The first-order chi connectivity index (χ1) is 15.4. The van der Waals surface area contributed by atoms with Gasteiger partial charge in [0.2, 0.25) is 11.8 Å².